The van der Waals surface area contributed by atoms with Crippen molar-refractivity contribution in [2.24, 2.45) is 0 Å². The molecule has 0 radical (unpaired) electrons. The van der Waals surface area contributed by atoms with Gasteiger partial charge < -0.3 is 36.7 Å². The molecule has 0 atom stereocenters. The zero-order valence-corrected chi connectivity index (χ0v) is 21.8. The Morgan fingerprint density at radius 2 is 1.27 bits per heavy atom. The number of rotatable bonds is 10. The van der Waals surface area contributed by atoms with Gasteiger partial charge in [-0.25, -0.2) is 0 Å². The maximum atomic E-state index is 6.57. The van der Waals surface area contributed by atoms with E-state index in [1.165, 1.54) is 36.6 Å². The summed E-state index contributed by atoms with van der Waals surface area (Å²) in [6.45, 7) is 24.2. The van der Waals surface area contributed by atoms with Crippen LogP contribution in [0.5, 0.6) is 0 Å². The van der Waals surface area contributed by atoms with Crippen LogP contribution < -0.4 is 24.0 Å². The fourth-order valence-corrected chi connectivity index (χ4v) is 16.1. The fourth-order valence-electron chi connectivity index (χ4n) is 2.90. The van der Waals surface area contributed by atoms with E-state index in [1.807, 2.05) is 0 Å². The van der Waals surface area contributed by atoms with Gasteiger partial charge in [-0.05, 0) is 72.1 Å². The highest BCUT2D eigenvalue weighted by Crippen LogP contribution is 2.24. The van der Waals surface area contributed by atoms with Crippen molar-refractivity contribution >= 4 is 25.2 Å². The second-order valence-electron chi connectivity index (χ2n) is 8.56. The molecule has 0 aliphatic carbocycles. The summed E-state index contributed by atoms with van der Waals surface area (Å²) in [4.78, 5) is 0. The van der Waals surface area contributed by atoms with Gasteiger partial charge in [0.2, 0.25) is 0 Å². The van der Waals surface area contributed by atoms with Crippen LogP contribution in [-0.4, -0.2) is 56.4 Å². The molecule has 0 rings (SSSR count). The molecule has 0 amide bonds. The molecule has 0 aromatic carbocycles. The molecule has 0 N–H and O–H groups in total. The van der Waals surface area contributed by atoms with Crippen molar-refractivity contribution < 1.29 is 36.7 Å². The van der Waals surface area contributed by atoms with Crippen molar-refractivity contribution in [1.29, 1.82) is 0 Å². The first kappa shape index (κ1) is 25.5. The van der Waals surface area contributed by atoms with E-state index in [4.69, 9.17) is 8.23 Å². The van der Waals surface area contributed by atoms with Crippen LogP contribution in [0.2, 0.25) is 51.9 Å². The molecule has 0 aromatic heterocycles. The summed E-state index contributed by atoms with van der Waals surface area (Å²) in [6.07, 6.45) is 1.27. The van der Waals surface area contributed by atoms with Gasteiger partial charge >= 0.3 is 8.56 Å². The summed E-state index contributed by atoms with van der Waals surface area (Å²) in [6, 6.07) is 1.24. The largest absolute Gasteiger partial charge is 1.00 e. The number of nitrogens with zero attached hydrogens (tertiary/aromatic N) is 1. The van der Waals surface area contributed by atoms with Gasteiger partial charge in [0.25, 0.3) is 0 Å². The second-order valence-corrected chi connectivity index (χ2v) is 21.2. The minimum Gasteiger partial charge on any atom is -1.00 e. The average Bonchev–Trinajstić information content (AvgIpc) is 2.23. The third kappa shape index (κ3) is 11.7. The molecule has 0 fully saturated rings. The SMILES string of the molecule is CC[N+](C)(CC)CCC[Si](C)(C)O[Si](C)(C)O[Si](C)(C)C.[I-]. The van der Waals surface area contributed by atoms with E-state index in [0.29, 0.717) is 0 Å². The van der Waals surface area contributed by atoms with Crippen molar-refractivity contribution in [3.05, 3.63) is 0 Å². The van der Waals surface area contributed by atoms with Gasteiger partial charge in [0.1, 0.15) is 0 Å². The van der Waals surface area contributed by atoms with E-state index in [1.54, 1.807) is 0 Å². The first-order valence-electron chi connectivity index (χ1n) is 8.48. The highest BCUT2D eigenvalue weighted by molar-refractivity contribution is 6.87. The first-order valence-corrected chi connectivity index (χ1v) is 17.8. The van der Waals surface area contributed by atoms with Gasteiger partial charge in [0, 0.05) is 0 Å². The van der Waals surface area contributed by atoms with E-state index in [2.05, 4.69) is 66.7 Å². The van der Waals surface area contributed by atoms with Crippen LogP contribution in [0.15, 0.2) is 0 Å². The number of halogens is 1. The second kappa shape index (κ2) is 9.67. The van der Waals surface area contributed by atoms with Crippen LogP contribution in [0.1, 0.15) is 20.3 Å². The summed E-state index contributed by atoms with van der Waals surface area (Å²) in [5, 5.41) is 0. The number of quaternary nitrogens is 1. The molecule has 0 saturated carbocycles. The minimum absolute atomic E-state index is 0. The molecule has 0 bridgehead atoms. The average molecular weight is 478 g/mol. The molecule has 0 aromatic rings. The summed E-state index contributed by atoms with van der Waals surface area (Å²) in [5.74, 6) is 0. The normalized spacial score (nSPS) is 13.9. The zero-order valence-electron chi connectivity index (χ0n) is 16.7. The molecule has 0 saturated heterocycles. The Kier molecular flexibility index (Phi) is 11.2. The lowest BCUT2D eigenvalue weighted by atomic mass is 10.3. The minimum atomic E-state index is -1.97. The van der Waals surface area contributed by atoms with Crippen molar-refractivity contribution in [2.75, 3.05) is 26.7 Å². The Morgan fingerprint density at radius 1 is 0.818 bits per heavy atom. The number of hydrogen-bond acceptors (Lipinski definition) is 2. The maximum Gasteiger partial charge on any atom is 0.311 e. The quantitative estimate of drug-likeness (QED) is 0.271. The molecule has 136 valence electrons. The van der Waals surface area contributed by atoms with Crippen LogP contribution in [0, 0.1) is 0 Å². The first-order chi connectivity index (χ1) is 9.24. The highest BCUT2D eigenvalue weighted by Gasteiger charge is 2.37. The Bertz CT molecular complexity index is 316. The van der Waals surface area contributed by atoms with Crippen molar-refractivity contribution in [3.63, 3.8) is 0 Å². The van der Waals surface area contributed by atoms with Gasteiger partial charge in [0.15, 0.2) is 16.6 Å². The smallest absolute Gasteiger partial charge is 0.311 e. The van der Waals surface area contributed by atoms with Crippen LogP contribution >= 0.6 is 0 Å². The fraction of sp³-hybridized carbons (Fsp3) is 1.00. The lowest BCUT2D eigenvalue weighted by Crippen LogP contribution is -3.00. The molecule has 0 aliphatic rings. The Hall–Kier alpha value is 1.26. The van der Waals surface area contributed by atoms with Crippen LogP contribution in [0.3, 0.4) is 0 Å². The van der Waals surface area contributed by atoms with Gasteiger partial charge in [-0.2, -0.15) is 0 Å². The van der Waals surface area contributed by atoms with Gasteiger partial charge in [0.05, 0.1) is 26.7 Å². The van der Waals surface area contributed by atoms with Gasteiger partial charge in [-0.1, -0.05) is 0 Å². The molecule has 7 heteroatoms. The third-order valence-corrected chi connectivity index (χ3v) is 14.2. The summed E-state index contributed by atoms with van der Waals surface area (Å²) in [7, 11) is -2.73. The van der Waals surface area contributed by atoms with Crippen molar-refractivity contribution in [2.45, 2.75) is 72.1 Å². The monoisotopic (exact) mass is 477 g/mol. The number of hydrogen-bond donors (Lipinski definition) is 0. The van der Waals surface area contributed by atoms with E-state index in [0.717, 1.165) is 0 Å². The standard InChI is InChI=1S/C15H40NO2Si3.HI/c1-11-16(3,12-2)14-13-15-20(7,8)18-21(9,10)17-19(4,5)6;/h11-15H2,1-10H3;1H/q+1;/p-1. The van der Waals surface area contributed by atoms with Gasteiger partial charge in [-0.3, -0.25) is 0 Å². The predicted molar refractivity (Wildman–Crippen MR) is 102 cm³/mol. The molecule has 3 nitrogen and oxygen atoms in total. The van der Waals surface area contributed by atoms with Crippen molar-refractivity contribution in [1.82, 2.24) is 0 Å². The lowest BCUT2D eigenvalue weighted by molar-refractivity contribution is -0.906. The predicted octanol–water partition coefficient (Wildman–Crippen LogP) is 1.64. The summed E-state index contributed by atoms with van der Waals surface area (Å²) < 4.78 is 14.1. The molecular weight excluding hydrogens is 437 g/mol. The maximum absolute atomic E-state index is 6.57. The molecule has 0 heterocycles. The molecule has 0 spiro atoms. The topological polar surface area (TPSA) is 18.5 Å². The van der Waals surface area contributed by atoms with E-state index < -0.39 is 25.2 Å². The Labute approximate surface area is 160 Å². The third-order valence-electron chi connectivity index (χ3n) is 4.08. The highest BCUT2D eigenvalue weighted by atomic mass is 127. The van der Waals surface area contributed by atoms with E-state index in [-0.39, 0.29) is 24.0 Å². The van der Waals surface area contributed by atoms with E-state index >= 15 is 0 Å². The molecule has 0 unspecified atom stereocenters. The molecular formula is C15H40INO2Si3. The zero-order chi connectivity index (χ0) is 16.9. The van der Waals surface area contributed by atoms with Crippen LogP contribution in [0.25, 0.3) is 0 Å². The van der Waals surface area contributed by atoms with Gasteiger partial charge in [-0.15, -0.1) is 0 Å². The Balaban J connectivity index is 0. The summed E-state index contributed by atoms with van der Waals surface area (Å²) >= 11 is 0. The summed E-state index contributed by atoms with van der Waals surface area (Å²) in [5.41, 5.74) is 0. The van der Waals surface area contributed by atoms with Crippen molar-refractivity contribution in [3.8, 4) is 0 Å². The lowest BCUT2D eigenvalue weighted by Gasteiger charge is -2.38. The Morgan fingerprint density at radius 3 is 1.64 bits per heavy atom. The van der Waals surface area contributed by atoms with E-state index in [9.17, 15) is 0 Å². The van der Waals surface area contributed by atoms with Crippen LogP contribution in [0.4, 0.5) is 0 Å². The molecule has 0 aliphatic heterocycles. The van der Waals surface area contributed by atoms with Crippen LogP contribution in [-0.2, 0) is 8.23 Å². The molecule has 22 heavy (non-hydrogen) atoms.